The molecule has 0 fully saturated rings. The monoisotopic (exact) mass is 266 g/mol. The second-order valence-electron chi connectivity index (χ2n) is 3.75. The van der Waals surface area contributed by atoms with Gasteiger partial charge in [0.2, 0.25) is 0 Å². The molecule has 1 aromatic carbocycles. The first-order chi connectivity index (χ1) is 8.96. The Morgan fingerprint density at radius 3 is 2.42 bits per heavy atom. The van der Waals surface area contributed by atoms with Crippen LogP contribution in [0, 0.1) is 0 Å². The second-order valence-corrected chi connectivity index (χ2v) is 3.75. The zero-order chi connectivity index (χ0) is 13.9. The largest absolute Gasteiger partial charge is 0.484 e. The fraction of sp³-hybridized carbons (Fsp3) is 0.0769. The van der Waals surface area contributed by atoms with Crippen molar-refractivity contribution in [2.24, 2.45) is 0 Å². The summed E-state index contributed by atoms with van der Waals surface area (Å²) in [5.41, 5.74) is 1.07. The van der Waals surface area contributed by atoms with Crippen molar-refractivity contribution in [1.82, 2.24) is 10.3 Å². The Balaban J connectivity index is 2.28. The molecule has 0 bridgehead atoms. The summed E-state index contributed by atoms with van der Waals surface area (Å²) in [4.78, 5) is 15.4. The summed E-state index contributed by atoms with van der Waals surface area (Å²) >= 11 is 0. The van der Waals surface area contributed by atoms with E-state index in [2.05, 4.69) is 4.98 Å². The molecule has 19 heavy (non-hydrogen) atoms. The van der Waals surface area contributed by atoms with E-state index in [0.29, 0.717) is 5.69 Å². The van der Waals surface area contributed by atoms with Crippen LogP contribution in [0.2, 0.25) is 0 Å². The van der Waals surface area contributed by atoms with Gasteiger partial charge in [-0.3, -0.25) is 15.1 Å². The zero-order valence-corrected chi connectivity index (χ0v) is 9.61. The van der Waals surface area contributed by atoms with E-state index < -0.39 is 12.2 Å². The maximum absolute atomic E-state index is 12.1. The normalized spacial score (nSPS) is 11.1. The standard InChI is InChI=1S/C13H9F3N2O/c14-13(15,16)18-12(19)10-6-7-17-11(8-10)9-4-2-1-3-5-9/h1-8H,(H,18,19). The van der Waals surface area contributed by atoms with Gasteiger partial charge in [-0.05, 0) is 12.1 Å². The van der Waals surface area contributed by atoms with Crippen molar-refractivity contribution in [3.05, 3.63) is 54.2 Å². The lowest BCUT2D eigenvalue weighted by molar-refractivity contribution is -0.146. The van der Waals surface area contributed by atoms with Crippen molar-refractivity contribution in [1.29, 1.82) is 0 Å². The molecule has 0 aliphatic heterocycles. The number of hydrogen-bond donors (Lipinski definition) is 1. The van der Waals surface area contributed by atoms with Crippen molar-refractivity contribution in [2.75, 3.05) is 0 Å². The van der Waals surface area contributed by atoms with Crippen molar-refractivity contribution >= 4 is 5.91 Å². The summed E-state index contributed by atoms with van der Waals surface area (Å²) in [6.07, 6.45) is -3.44. The maximum Gasteiger partial charge on any atom is 0.484 e. The van der Waals surface area contributed by atoms with Gasteiger partial charge in [0.15, 0.2) is 0 Å². The molecule has 1 heterocycles. The lowest BCUT2D eigenvalue weighted by Crippen LogP contribution is -2.37. The summed E-state index contributed by atoms with van der Waals surface area (Å²) < 4.78 is 36.2. The second kappa shape index (κ2) is 5.09. The van der Waals surface area contributed by atoms with Gasteiger partial charge in [-0.25, -0.2) is 0 Å². The Kier molecular flexibility index (Phi) is 3.50. The topological polar surface area (TPSA) is 42.0 Å². The maximum atomic E-state index is 12.1. The Hall–Kier alpha value is -2.37. The summed E-state index contributed by atoms with van der Waals surface area (Å²) in [5.74, 6) is -1.20. The fourth-order valence-electron chi connectivity index (χ4n) is 1.54. The van der Waals surface area contributed by atoms with E-state index in [4.69, 9.17) is 0 Å². The predicted octanol–water partition coefficient (Wildman–Crippen LogP) is 3.00. The molecule has 0 atom stereocenters. The number of carbonyl (C=O) groups is 1. The SMILES string of the molecule is O=C(NC(F)(F)F)c1ccnc(-c2ccccc2)c1. The van der Waals surface area contributed by atoms with Crippen molar-refractivity contribution < 1.29 is 18.0 Å². The number of nitrogens with zero attached hydrogens (tertiary/aromatic N) is 1. The van der Waals surface area contributed by atoms with Crippen LogP contribution in [0.4, 0.5) is 13.2 Å². The molecular formula is C13H9F3N2O. The van der Waals surface area contributed by atoms with Crippen LogP contribution >= 0.6 is 0 Å². The van der Waals surface area contributed by atoms with Gasteiger partial charge < -0.3 is 0 Å². The molecule has 2 rings (SSSR count). The minimum absolute atomic E-state index is 0.0915. The Morgan fingerprint density at radius 2 is 1.79 bits per heavy atom. The Labute approximate surface area is 107 Å². The van der Waals surface area contributed by atoms with Crippen molar-refractivity contribution in [3.63, 3.8) is 0 Å². The number of aromatic nitrogens is 1. The van der Waals surface area contributed by atoms with Crippen LogP contribution < -0.4 is 5.32 Å². The lowest BCUT2D eigenvalue weighted by atomic mass is 10.1. The highest BCUT2D eigenvalue weighted by atomic mass is 19.4. The quantitative estimate of drug-likeness (QED) is 0.849. The zero-order valence-electron chi connectivity index (χ0n) is 9.61. The van der Waals surface area contributed by atoms with E-state index in [0.717, 1.165) is 10.9 Å². The van der Waals surface area contributed by atoms with Crippen LogP contribution in [0.3, 0.4) is 0 Å². The molecule has 1 aromatic heterocycles. The number of carbonyl (C=O) groups excluding carboxylic acids is 1. The molecule has 0 spiro atoms. The number of amides is 1. The van der Waals surface area contributed by atoms with E-state index in [-0.39, 0.29) is 5.56 Å². The van der Waals surface area contributed by atoms with Crippen molar-refractivity contribution in [3.8, 4) is 11.3 Å². The summed E-state index contributed by atoms with van der Waals surface area (Å²) in [6, 6.07) is 11.4. The van der Waals surface area contributed by atoms with Crippen LogP contribution in [-0.4, -0.2) is 17.2 Å². The molecule has 0 aliphatic carbocycles. The van der Waals surface area contributed by atoms with Crippen LogP contribution in [0.5, 0.6) is 0 Å². The molecule has 0 saturated carbocycles. The predicted molar refractivity (Wildman–Crippen MR) is 63.2 cm³/mol. The highest BCUT2D eigenvalue weighted by molar-refractivity contribution is 5.95. The van der Waals surface area contributed by atoms with Crippen molar-refractivity contribution in [2.45, 2.75) is 6.30 Å². The molecule has 0 aliphatic rings. The number of halogens is 3. The molecule has 98 valence electrons. The third kappa shape index (κ3) is 3.54. The summed E-state index contributed by atoms with van der Waals surface area (Å²) in [5, 5.41) is 0.947. The van der Waals surface area contributed by atoms with Crippen LogP contribution in [0.15, 0.2) is 48.7 Å². The number of pyridine rings is 1. The van der Waals surface area contributed by atoms with Gasteiger partial charge in [-0.1, -0.05) is 30.3 Å². The average Bonchev–Trinajstić information content (AvgIpc) is 2.38. The first-order valence-corrected chi connectivity index (χ1v) is 5.36. The number of alkyl halides is 3. The van der Waals surface area contributed by atoms with Gasteiger partial charge in [0.05, 0.1) is 5.69 Å². The number of rotatable bonds is 2. The third-order valence-electron chi connectivity index (χ3n) is 2.35. The Bertz CT molecular complexity index is 582. The lowest BCUT2D eigenvalue weighted by Gasteiger charge is -2.09. The molecule has 2 aromatic rings. The highest BCUT2D eigenvalue weighted by Crippen LogP contribution is 2.18. The number of benzene rings is 1. The smallest absolute Gasteiger partial charge is 0.269 e. The van der Waals surface area contributed by atoms with E-state index in [1.54, 1.807) is 24.3 Å². The van der Waals surface area contributed by atoms with Gasteiger partial charge in [0.25, 0.3) is 5.91 Å². The molecule has 1 amide bonds. The Morgan fingerprint density at radius 1 is 1.11 bits per heavy atom. The van der Waals surface area contributed by atoms with Gasteiger partial charge >= 0.3 is 6.30 Å². The van der Waals surface area contributed by atoms with Crippen LogP contribution in [0.25, 0.3) is 11.3 Å². The molecule has 0 radical (unpaired) electrons. The van der Waals surface area contributed by atoms with Gasteiger partial charge in [0, 0.05) is 17.3 Å². The number of nitrogens with one attached hydrogen (secondary N) is 1. The molecular weight excluding hydrogens is 257 g/mol. The molecule has 6 heteroatoms. The van der Waals surface area contributed by atoms with Gasteiger partial charge in [0.1, 0.15) is 0 Å². The molecule has 0 unspecified atom stereocenters. The fourth-order valence-corrected chi connectivity index (χ4v) is 1.54. The first-order valence-electron chi connectivity index (χ1n) is 5.36. The summed E-state index contributed by atoms with van der Waals surface area (Å²) in [7, 11) is 0. The van der Waals surface area contributed by atoms with Crippen LogP contribution in [-0.2, 0) is 0 Å². The van der Waals surface area contributed by atoms with E-state index in [9.17, 15) is 18.0 Å². The van der Waals surface area contributed by atoms with Crippen LogP contribution in [0.1, 0.15) is 10.4 Å². The van der Waals surface area contributed by atoms with E-state index >= 15 is 0 Å². The van der Waals surface area contributed by atoms with E-state index in [1.807, 2.05) is 6.07 Å². The minimum Gasteiger partial charge on any atom is -0.269 e. The highest BCUT2D eigenvalue weighted by Gasteiger charge is 2.30. The average molecular weight is 266 g/mol. The molecule has 3 nitrogen and oxygen atoms in total. The third-order valence-corrected chi connectivity index (χ3v) is 2.35. The van der Waals surface area contributed by atoms with E-state index in [1.165, 1.54) is 18.3 Å². The summed E-state index contributed by atoms with van der Waals surface area (Å²) in [6.45, 7) is 0. The van der Waals surface area contributed by atoms with Gasteiger partial charge in [-0.2, -0.15) is 13.2 Å². The number of hydrogen-bond acceptors (Lipinski definition) is 2. The van der Waals surface area contributed by atoms with Gasteiger partial charge in [-0.15, -0.1) is 0 Å². The minimum atomic E-state index is -4.74. The molecule has 0 saturated heterocycles. The molecule has 1 N–H and O–H groups in total. The first kappa shape index (κ1) is 13.1.